The molecule has 3 heterocycles. The van der Waals surface area contributed by atoms with Gasteiger partial charge in [-0.3, -0.25) is 0 Å². The van der Waals surface area contributed by atoms with Crippen LogP contribution < -0.4 is 15.0 Å². The Balaban J connectivity index is 1.69. The molecule has 0 radical (unpaired) electrons. The Labute approximate surface area is 167 Å². The van der Waals surface area contributed by atoms with Gasteiger partial charge >= 0.3 is 6.18 Å². The molecule has 0 unspecified atom stereocenters. The van der Waals surface area contributed by atoms with Crippen LogP contribution in [0.4, 0.5) is 18.9 Å². The van der Waals surface area contributed by atoms with Gasteiger partial charge in [0.25, 0.3) is 0 Å². The Hall–Kier alpha value is -2.25. The first-order chi connectivity index (χ1) is 14.0. The van der Waals surface area contributed by atoms with E-state index in [0.717, 1.165) is 43.2 Å². The van der Waals surface area contributed by atoms with E-state index in [0.29, 0.717) is 30.7 Å². The molecule has 4 nitrogen and oxygen atoms in total. The molecule has 0 bridgehead atoms. The number of hydrogen-bond donors (Lipinski definition) is 1. The molecule has 7 heteroatoms. The second kappa shape index (κ2) is 6.92. The van der Waals surface area contributed by atoms with Crippen molar-refractivity contribution >= 4 is 5.69 Å². The van der Waals surface area contributed by atoms with Gasteiger partial charge < -0.3 is 19.7 Å². The number of methoxy groups -OCH3 is 1. The van der Waals surface area contributed by atoms with Gasteiger partial charge in [-0.2, -0.15) is 13.2 Å². The summed E-state index contributed by atoms with van der Waals surface area (Å²) in [5.41, 5.74) is 3.39. The molecule has 0 amide bonds. The molecule has 1 fully saturated rings. The third kappa shape index (κ3) is 3.07. The standard InChI is InChI=1S/C22H23F3N2O2/c1-28-15-2-3-16(19(10-15)22(23,24)25)13-8-14-12-29-7-6-27-20-4-5-26-11-18(20)17(9-13)21(14)27/h2-3,8-10,18,20,26H,4-7,11-12H2,1H3/t18-,20-/m0/s1. The fourth-order valence-corrected chi connectivity index (χ4v) is 5.08. The number of piperidine rings is 1. The molecule has 2 aromatic rings. The zero-order chi connectivity index (χ0) is 20.2. The van der Waals surface area contributed by atoms with Crippen LogP contribution in [0.5, 0.6) is 5.75 Å². The molecule has 2 atom stereocenters. The van der Waals surface area contributed by atoms with E-state index in [1.54, 1.807) is 6.07 Å². The fraction of sp³-hybridized carbons (Fsp3) is 0.455. The van der Waals surface area contributed by atoms with Gasteiger partial charge in [-0.05, 0) is 53.9 Å². The summed E-state index contributed by atoms with van der Waals surface area (Å²) in [6.45, 7) is 3.71. The summed E-state index contributed by atoms with van der Waals surface area (Å²) < 4.78 is 52.3. The van der Waals surface area contributed by atoms with Gasteiger partial charge in [0.2, 0.25) is 0 Å². The van der Waals surface area contributed by atoms with E-state index in [-0.39, 0.29) is 11.3 Å². The van der Waals surface area contributed by atoms with Crippen LogP contribution in [0, 0.1) is 0 Å². The van der Waals surface area contributed by atoms with E-state index < -0.39 is 11.7 Å². The molecule has 2 aromatic carbocycles. The van der Waals surface area contributed by atoms with Gasteiger partial charge in [0, 0.05) is 36.3 Å². The molecular formula is C22H23F3N2O2. The molecular weight excluding hydrogens is 381 g/mol. The molecule has 3 aliphatic heterocycles. The molecule has 0 aliphatic carbocycles. The highest BCUT2D eigenvalue weighted by Crippen LogP contribution is 2.49. The SMILES string of the molecule is COc1ccc(-c2cc3c4c(c2)[C@@H]2CNCC[C@@H]2N4CCOC3)c(C(F)(F)F)c1. The van der Waals surface area contributed by atoms with Crippen LogP contribution in [0.2, 0.25) is 0 Å². The minimum absolute atomic E-state index is 0.181. The Bertz CT molecular complexity index is 944. The molecule has 0 saturated carbocycles. The van der Waals surface area contributed by atoms with Crippen molar-refractivity contribution in [2.24, 2.45) is 0 Å². The molecule has 1 N–H and O–H groups in total. The van der Waals surface area contributed by atoms with Crippen LogP contribution in [0.25, 0.3) is 11.1 Å². The molecule has 29 heavy (non-hydrogen) atoms. The van der Waals surface area contributed by atoms with Crippen molar-refractivity contribution in [3.05, 3.63) is 47.0 Å². The van der Waals surface area contributed by atoms with E-state index in [1.807, 2.05) is 12.1 Å². The maximum atomic E-state index is 13.8. The van der Waals surface area contributed by atoms with Crippen molar-refractivity contribution in [2.75, 3.05) is 38.3 Å². The minimum atomic E-state index is -4.46. The first-order valence-corrected chi connectivity index (χ1v) is 9.95. The second-order valence-corrected chi connectivity index (χ2v) is 7.90. The first kappa shape index (κ1) is 18.8. The highest BCUT2D eigenvalue weighted by molar-refractivity contribution is 5.78. The summed E-state index contributed by atoms with van der Waals surface area (Å²) in [6.07, 6.45) is -3.43. The first-order valence-electron chi connectivity index (χ1n) is 9.95. The predicted molar refractivity (Wildman–Crippen MR) is 104 cm³/mol. The van der Waals surface area contributed by atoms with Crippen molar-refractivity contribution in [3.63, 3.8) is 0 Å². The lowest BCUT2D eigenvalue weighted by Gasteiger charge is -2.33. The molecule has 0 spiro atoms. The van der Waals surface area contributed by atoms with Crippen LogP contribution in [0.15, 0.2) is 30.3 Å². The Morgan fingerprint density at radius 1 is 1.21 bits per heavy atom. The summed E-state index contributed by atoms with van der Waals surface area (Å²) in [7, 11) is 1.38. The molecule has 3 aliphatic rings. The van der Waals surface area contributed by atoms with E-state index in [4.69, 9.17) is 9.47 Å². The third-order valence-corrected chi connectivity index (χ3v) is 6.33. The zero-order valence-corrected chi connectivity index (χ0v) is 16.2. The molecule has 0 aromatic heterocycles. The van der Waals surface area contributed by atoms with Crippen LogP contribution in [0.1, 0.15) is 29.0 Å². The van der Waals surface area contributed by atoms with Gasteiger partial charge in [-0.25, -0.2) is 0 Å². The lowest BCUT2D eigenvalue weighted by atomic mass is 9.87. The number of benzene rings is 2. The van der Waals surface area contributed by atoms with E-state index in [9.17, 15) is 13.2 Å². The summed E-state index contributed by atoms with van der Waals surface area (Å²) in [5.74, 6) is 0.495. The quantitative estimate of drug-likeness (QED) is 0.815. The van der Waals surface area contributed by atoms with E-state index >= 15 is 0 Å². The number of fused-ring (bicyclic) bond motifs is 3. The lowest BCUT2D eigenvalue weighted by Crippen LogP contribution is -2.44. The summed E-state index contributed by atoms with van der Waals surface area (Å²) in [5, 5.41) is 3.45. The minimum Gasteiger partial charge on any atom is -0.497 e. The average Bonchev–Trinajstić information content (AvgIpc) is 2.88. The summed E-state index contributed by atoms with van der Waals surface area (Å²) >= 11 is 0. The number of ether oxygens (including phenoxy) is 2. The second-order valence-electron chi connectivity index (χ2n) is 7.90. The van der Waals surface area contributed by atoms with Gasteiger partial charge in [0.15, 0.2) is 0 Å². The van der Waals surface area contributed by atoms with Crippen LogP contribution in [-0.4, -0.2) is 39.4 Å². The molecule has 1 saturated heterocycles. The zero-order valence-electron chi connectivity index (χ0n) is 16.2. The lowest BCUT2D eigenvalue weighted by molar-refractivity contribution is -0.137. The number of halogens is 3. The smallest absolute Gasteiger partial charge is 0.417 e. The molecule has 5 rings (SSSR count). The van der Waals surface area contributed by atoms with E-state index in [2.05, 4.69) is 10.2 Å². The largest absolute Gasteiger partial charge is 0.497 e. The fourth-order valence-electron chi connectivity index (χ4n) is 5.08. The number of hydrogen-bond acceptors (Lipinski definition) is 4. The summed E-state index contributed by atoms with van der Waals surface area (Å²) in [6, 6.07) is 8.40. The monoisotopic (exact) mass is 404 g/mol. The van der Waals surface area contributed by atoms with Crippen molar-refractivity contribution in [2.45, 2.75) is 31.2 Å². The van der Waals surface area contributed by atoms with Gasteiger partial charge in [-0.1, -0.05) is 6.07 Å². The number of alkyl halides is 3. The van der Waals surface area contributed by atoms with Crippen molar-refractivity contribution in [3.8, 4) is 16.9 Å². The number of nitrogens with one attached hydrogen (secondary N) is 1. The van der Waals surface area contributed by atoms with Crippen LogP contribution in [0.3, 0.4) is 0 Å². The Morgan fingerprint density at radius 3 is 2.86 bits per heavy atom. The maximum absolute atomic E-state index is 13.8. The van der Waals surface area contributed by atoms with Crippen molar-refractivity contribution in [1.82, 2.24) is 5.32 Å². The third-order valence-electron chi connectivity index (χ3n) is 6.33. The van der Waals surface area contributed by atoms with E-state index in [1.165, 1.54) is 18.9 Å². The highest BCUT2D eigenvalue weighted by Gasteiger charge is 2.42. The molecule has 154 valence electrons. The summed E-state index contributed by atoms with van der Waals surface area (Å²) in [4.78, 5) is 2.42. The normalized spacial score (nSPS) is 23.4. The van der Waals surface area contributed by atoms with Crippen molar-refractivity contribution in [1.29, 1.82) is 0 Å². The van der Waals surface area contributed by atoms with Crippen molar-refractivity contribution < 1.29 is 22.6 Å². The van der Waals surface area contributed by atoms with Gasteiger partial charge in [-0.15, -0.1) is 0 Å². The van der Waals surface area contributed by atoms with Gasteiger partial charge in [0.1, 0.15) is 5.75 Å². The van der Waals surface area contributed by atoms with Crippen LogP contribution in [-0.2, 0) is 17.5 Å². The average molecular weight is 404 g/mol. The Morgan fingerprint density at radius 2 is 2.07 bits per heavy atom. The number of anilines is 1. The predicted octanol–water partition coefficient (Wildman–Crippen LogP) is 4.18. The number of rotatable bonds is 2. The topological polar surface area (TPSA) is 33.7 Å². The highest BCUT2D eigenvalue weighted by atomic mass is 19.4. The Kier molecular flexibility index (Phi) is 4.47. The van der Waals surface area contributed by atoms with Crippen LogP contribution >= 0.6 is 0 Å². The number of nitrogens with zero attached hydrogens (tertiary/aromatic N) is 1. The van der Waals surface area contributed by atoms with Gasteiger partial charge in [0.05, 0.1) is 25.9 Å². The maximum Gasteiger partial charge on any atom is 0.417 e.